The number of hydrogen-bond acceptors (Lipinski definition) is 6. The number of allylic oxidation sites excluding steroid dienone is 2. The fourth-order valence-electron chi connectivity index (χ4n) is 6.64. The molecule has 0 atom stereocenters. The Morgan fingerprint density at radius 1 is 0.708 bits per heavy atom. The predicted molar refractivity (Wildman–Crippen MR) is 163 cm³/mol. The average Bonchev–Trinajstić information content (AvgIpc) is 3.38. The fraction of sp³-hybridized carbons (Fsp3) is 0.294. The van der Waals surface area contributed by atoms with Gasteiger partial charge < -0.3 is 10.2 Å². The van der Waals surface area contributed by atoms with Gasteiger partial charge in [-0.3, -0.25) is 24.1 Å². The zero-order chi connectivity index (χ0) is 35.2. The van der Waals surface area contributed by atoms with Crippen LogP contribution < -0.4 is 10.2 Å². The van der Waals surface area contributed by atoms with Crippen molar-refractivity contribution in [3.8, 4) is 0 Å². The minimum Gasteiger partial charge on any atom is -0.367 e. The Morgan fingerprint density at radius 2 is 1.21 bits per heavy atom. The number of fused-ring (bicyclic) bond motifs is 3. The van der Waals surface area contributed by atoms with Gasteiger partial charge >= 0.3 is 12.4 Å². The SMILES string of the molecule is CC(C)=C(C)N1CNc2c(ccc(N3C(=O)c4ccc(C(c5ccc6c(c5)C(=O)N(C)C6=O)(C(F)(F)F)C(F)(F)F)cc4C3=O)c2C)C1. The maximum Gasteiger partial charge on any atom is 0.411 e. The van der Waals surface area contributed by atoms with Crippen molar-refractivity contribution < 1.29 is 45.5 Å². The van der Waals surface area contributed by atoms with Crippen LogP contribution in [-0.2, 0) is 12.0 Å². The number of hydrogen-bond donors (Lipinski definition) is 1. The van der Waals surface area contributed by atoms with E-state index in [1.165, 1.54) is 6.07 Å². The number of imide groups is 2. The molecule has 0 saturated heterocycles. The quantitative estimate of drug-likeness (QED) is 0.239. The molecule has 14 heteroatoms. The molecule has 3 aromatic carbocycles. The summed E-state index contributed by atoms with van der Waals surface area (Å²) >= 11 is 0. The van der Waals surface area contributed by atoms with Gasteiger partial charge in [-0.25, -0.2) is 4.90 Å². The molecule has 48 heavy (non-hydrogen) atoms. The molecule has 8 nitrogen and oxygen atoms in total. The van der Waals surface area contributed by atoms with E-state index in [2.05, 4.69) is 10.2 Å². The second-order valence-corrected chi connectivity index (χ2v) is 12.2. The number of anilines is 2. The second-order valence-electron chi connectivity index (χ2n) is 12.2. The number of amides is 4. The highest BCUT2D eigenvalue weighted by atomic mass is 19.4. The Labute approximate surface area is 270 Å². The van der Waals surface area contributed by atoms with Crippen molar-refractivity contribution in [3.05, 3.63) is 104 Å². The standard InChI is InChI=1S/C34H28F6N4O4/c1-16(2)18(4)43-14-19-6-11-26(17(3)27(19)41-15-43)44-30(47)23-10-8-21(13-25(23)31(44)48)32(33(35,36)37,34(38,39)40)20-7-9-22-24(12-20)29(46)42(5)28(22)45/h6-13,41H,14-15H2,1-5H3. The Morgan fingerprint density at radius 3 is 1.75 bits per heavy atom. The highest BCUT2D eigenvalue weighted by Crippen LogP contribution is 2.57. The monoisotopic (exact) mass is 670 g/mol. The van der Waals surface area contributed by atoms with Crippen LogP contribution >= 0.6 is 0 Å². The first-order valence-electron chi connectivity index (χ1n) is 14.7. The molecule has 0 fully saturated rings. The molecule has 3 aliphatic rings. The molecule has 3 aliphatic heterocycles. The first-order valence-corrected chi connectivity index (χ1v) is 14.7. The van der Waals surface area contributed by atoms with Crippen molar-refractivity contribution in [2.75, 3.05) is 23.9 Å². The maximum atomic E-state index is 15.0. The Kier molecular flexibility index (Phi) is 7.30. The molecule has 250 valence electrons. The van der Waals surface area contributed by atoms with E-state index in [1.54, 1.807) is 13.0 Å². The van der Waals surface area contributed by atoms with Gasteiger partial charge in [0, 0.05) is 25.0 Å². The van der Waals surface area contributed by atoms with Crippen LogP contribution in [0.4, 0.5) is 37.7 Å². The third-order valence-electron chi connectivity index (χ3n) is 9.46. The molecule has 0 bridgehead atoms. The first kappa shape index (κ1) is 32.8. The van der Waals surface area contributed by atoms with E-state index in [1.807, 2.05) is 20.8 Å². The molecule has 4 amide bonds. The lowest BCUT2D eigenvalue weighted by molar-refractivity contribution is -0.288. The molecule has 0 saturated carbocycles. The smallest absolute Gasteiger partial charge is 0.367 e. The van der Waals surface area contributed by atoms with Gasteiger partial charge in [0.2, 0.25) is 5.41 Å². The normalized spacial score (nSPS) is 16.3. The summed E-state index contributed by atoms with van der Waals surface area (Å²) < 4.78 is 89.9. The van der Waals surface area contributed by atoms with Crippen LogP contribution in [0.25, 0.3) is 0 Å². The molecule has 3 aromatic rings. The van der Waals surface area contributed by atoms with E-state index < -0.39 is 63.7 Å². The predicted octanol–water partition coefficient (Wildman–Crippen LogP) is 6.93. The van der Waals surface area contributed by atoms with Gasteiger partial charge in [-0.2, -0.15) is 26.3 Å². The van der Waals surface area contributed by atoms with Gasteiger partial charge in [0.25, 0.3) is 23.6 Å². The average molecular weight is 671 g/mol. The summed E-state index contributed by atoms with van der Waals surface area (Å²) in [5.74, 6) is -3.93. The van der Waals surface area contributed by atoms with E-state index >= 15 is 0 Å². The van der Waals surface area contributed by atoms with E-state index in [4.69, 9.17) is 0 Å². The summed E-state index contributed by atoms with van der Waals surface area (Å²) in [5, 5.41) is 3.28. The van der Waals surface area contributed by atoms with Gasteiger partial charge in [-0.05, 0) is 80.3 Å². The van der Waals surface area contributed by atoms with E-state index in [0.29, 0.717) is 53.6 Å². The van der Waals surface area contributed by atoms with Crippen molar-refractivity contribution in [2.45, 2.75) is 52.0 Å². The number of rotatable bonds is 4. The Balaban J connectivity index is 1.46. The van der Waals surface area contributed by atoms with Gasteiger partial charge in [0.05, 0.1) is 34.6 Å². The van der Waals surface area contributed by atoms with Gasteiger partial charge in [-0.1, -0.05) is 23.8 Å². The van der Waals surface area contributed by atoms with Crippen molar-refractivity contribution in [2.24, 2.45) is 0 Å². The van der Waals surface area contributed by atoms with Crippen molar-refractivity contribution in [1.82, 2.24) is 9.80 Å². The van der Waals surface area contributed by atoms with Crippen LogP contribution in [0.1, 0.15) is 84.5 Å². The zero-order valence-corrected chi connectivity index (χ0v) is 26.3. The lowest BCUT2D eigenvalue weighted by Gasteiger charge is -2.38. The minimum atomic E-state index is -6.05. The molecule has 0 unspecified atom stereocenters. The van der Waals surface area contributed by atoms with Crippen LogP contribution in [0.2, 0.25) is 0 Å². The molecule has 0 radical (unpaired) electrons. The number of carbonyl (C=O) groups is 4. The van der Waals surface area contributed by atoms with Crippen LogP contribution in [0, 0.1) is 6.92 Å². The van der Waals surface area contributed by atoms with Crippen LogP contribution in [0.5, 0.6) is 0 Å². The van der Waals surface area contributed by atoms with Crippen molar-refractivity contribution >= 4 is 35.0 Å². The van der Waals surface area contributed by atoms with Crippen LogP contribution in [0.15, 0.2) is 59.8 Å². The van der Waals surface area contributed by atoms with Crippen molar-refractivity contribution in [1.29, 1.82) is 0 Å². The number of nitrogens with one attached hydrogen (secondary N) is 1. The number of alkyl halides is 6. The Hall–Kier alpha value is -5.14. The number of nitrogens with zero attached hydrogens (tertiary/aromatic N) is 3. The third kappa shape index (κ3) is 4.44. The summed E-state index contributed by atoms with van der Waals surface area (Å²) in [6.45, 7) is 8.56. The summed E-state index contributed by atoms with van der Waals surface area (Å²) in [5.41, 5.74) is -5.13. The lowest BCUT2D eigenvalue weighted by Crippen LogP contribution is -2.55. The number of benzene rings is 3. The zero-order valence-electron chi connectivity index (χ0n) is 26.3. The summed E-state index contributed by atoms with van der Waals surface area (Å²) in [4.78, 5) is 55.6. The van der Waals surface area contributed by atoms with Gasteiger partial charge in [0.15, 0.2) is 0 Å². The maximum absolute atomic E-state index is 15.0. The fourth-order valence-corrected chi connectivity index (χ4v) is 6.64. The third-order valence-corrected chi connectivity index (χ3v) is 9.46. The summed E-state index contributed by atoms with van der Waals surface area (Å²) in [7, 11) is 1.06. The topological polar surface area (TPSA) is 90.0 Å². The number of carbonyl (C=O) groups excluding carboxylic acids is 4. The van der Waals surface area contributed by atoms with Gasteiger partial charge in [0.1, 0.15) is 0 Å². The van der Waals surface area contributed by atoms with E-state index in [-0.39, 0.29) is 16.8 Å². The van der Waals surface area contributed by atoms with E-state index in [9.17, 15) is 45.5 Å². The van der Waals surface area contributed by atoms with E-state index in [0.717, 1.165) is 40.9 Å². The minimum absolute atomic E-state index is 0.130. The van der Waals surface area contributed by atoms with Gasteiger partial charge in [-0.15, -0.1) is 0 Å². The molecule has 0 aliphatic carbocycles. The molecule has 0 aromatic heterocycles. The molecule has 3 heterocycles. The number of halogens is 6. The van der Waals surface area contributed by atoms with Crippen molar-refractivity contribution in [3.63, 3.8) is 0 Å². The Bertz CT molecular complexity index is 1980. The lowest BCUT2D eigenvalue weighted by atomic mass is 9.71. The molecule has 0 spiro atoms. The highest BCUT2D eigenvalue weighted by Gasteiger charge is 2.73. The molecule has 6 rings (SSSR count). The first-order chi connectivity index (χ1) is 22.3. The molecule has 1 N–H and O–H groups in total. The highest BCUT2D eigenvalue weighted by molar-refractivity contribution is 6.35. The molecular weight excluding hydrogens is 642 g/mol. The summed E-state index contributed by atoms with van der Waals surface area (Å²) in [6.07, 6.45) is -12.1. The largest absolute Gasteiger partial charge is 0.411 e. The molecular formula is C34H28F6N4O4. The second kappa shape index (κ2) is 10.7. The van der Waals surface area contributed by atoms with Crippen LogP contribution in [0.3, 0.4) is 0 Å². The summed E-state index contributed by atoms with van der Waals surface area (Å²) in [6, 6.07) is 6.62. The van der Waals surface area contributed by atoms with Crippen LogP contribution in [-0.4, -0.2) is 59.5 Å².